The van der Waals surface area contributed by atoms with Crippen molar-refractivity contribution in [3.8, 4) is 0 Å². The molecule has 0 saturated carbocycles. The van der Waals surface area contributed by atoms with Crippen LogP contribution in [-0.2, 0) is 24.6 Å². The minimum atomic E-state index is -4.28. The molecule has 0 radical (unpaired) electrons. The molecule has 1 atom stereocenters. The first-order valence-electron chi connectivity index (χ1n) is 8.32. The van der Waals surface area contributed by atoms with Gasteiger partial charge in [0.1, 0.15) is 23.8 Å². The van der Waals surface area contributed by atoms with Crippen molar-refractivity contribution >= 4 is 66.8 Å². The highest BCUT2D eigenvalue weighted by Crippen LogP contribution is 2.17. The maximum absolute atomic E-state index is 12.4. The summed E-state index contributed by atoms with van der Waals surface area (Å²) in [6.45, 7) is 1.43. The molecule has 3 rings (SSSR count). The van der Waals surface area contributed by atoms with E-state index in [9.17, 15) is 22.8 Å². The molecule has 0 aliphatic carbocycles. The predicted octanol–water partition coefficient (Wildman–Crippen LogP) is -0.766. The van der Waals surface area contributed by atoms with Gasteiger partial charge in [0, 0.05) is 5.38 Å². The van der Waals surface area contributed by atoms with Crippen LogP contribution in [0.1, 0.15) is 11.4 Å². The lowest BCUT2D eigenvalue weighted by molar-refractivity contribution is -0.141. The Morgan fingerprint density at radius 3 is 2.71 bits per heavy atom. The lowest BCUT2D eigenvalue weighted by Crippen LogP contribution is -2.68. The van der Waals surface area contributed by atoms with E-state index >= 15 is 0 Å². The Kier molecular flexibility index (Phi) is 6.37. The SMILES string of the molecule is CON=C(C(=O)N[C@H]1CN(C(=O)NS(=O)(=O)Nc2cc(C)ns2)C1=O)c1csc(N)n1. The van der Waals surface area contributed by atoms with Crippen LogP contribution in [0.3, 0.4) is 0 Å². The number of aryl methyl sites for hydroxylation is 1. The summed E-state index contributed by atoms with van der Waals surface area (Å²) in [4.78, 5) is 46.0. The summed E-state index contributed by atoms with van der Waals surface area (Å²) in [6.07, 6.45) is 0. The summed E-state index contributed by atoms with van der Waals surface area (Å²) in [5.41, 5.74) is 6.08. The maximum Gasteiger partial charge on any atom is 0.339 e. The van der Waals surface area contributed by atoms with Crippen LogP contribution in [0.5, 0.6) is 0 Å². The first kappa shape index (κ1) is 22.4. The van der Waals surface area contributed by atoms with Gasteiger partial charge in [-0.2, -0.15) is 12.8 Å². The number of β-lactam (4-membered cyclic amide) rings is 1. The minimum Gasteiger partial charge on any atom is -0.398 e. The smallest absolute Gasteiger partial charge is 0.339 e. The molecular formula is C14H16N8O6S3. The normalized spacial score (nSPS) is 16.5. The number of nitrogens with one attached hydrogen (secondary N) is 3. The second-order valence-electron chi connectivity index (χ2n) is 6.01. The van der Waals surface area contributed by atoms with Crippen molar-refractivity contribution in [2.75, 3.05) is 24.1 Å². The molecule has 166 valence electrons. The summed E-state index contributed by atoms with van der Waals surface area (Å²) in [5, 5.41) is 7.86. The fourth-order valence-corrected chi connectivity index (χ4v) is 4.63. The lowest BCUT2D eigenvalue weighted by atomic mass is 10.1. The van der Waals surface area contributed by atoms with E-state index in [1.807, 2.05) is 0 Å². The number of oxime groups is 1. The number of nitrogens with zero attached hydrogens (tertiary/aromatic N) is 4. The van der Waals surface area contributed by atoms with Crippen molar-refractivity contribution in [2.45, 2.75) is 13.0 Å². The Balaban J connectivity index is 1.57. The highest BCUT2D eigenvalue weighted by molar-refractivity contribution is 7.91. The van der Waals surface area contributed by atoms with Gasteiger partial charge >= 0.3 is 16.2 Å². The molecule has 1 aliphatic heterocycles. The third-order valence-corrected chi connectivity index (χ3v) is 6.26. The van der Waals surface area contributed by atoms with Crippen LogP contribution in [0, 0.1) is 6.92 Å². The van der Waals surface area contributed by atoms with Crippen LogP contribution in [0.4, 0.5) is 14.9 Å². The molecule has 3 heterocycles. The fourth-order valence-electron chi connectivity index (χ4n) is 2.38. The third kappa shape index (κ3) is 5.25. The number of nitrogen functional groups attached to an aromatic ring is 1. The minimum absolute atomic E-state index is 0.152. The van der Waals surface area contributed by atoms with E-state index < -0.39 is 34.1 Å². The first-order valence-corrected chi connectivity index (χ1v) is 11.5. The summed E-state index contributed by atoms with van der Waals surface area (Å²) in [7, 11) is -3.05. The molecule has 14 nitrogen and oxygen atoms in total. The van der Waals surface area contributed by atoms with E-state index in [-0.39, 0.29) is 28.1 Å². The molecular weight excluding hydrogens is 472 g/mol. The van der Waals surface area contributed by atoms with Crippen LogP contribution in [0.25, 0.3) is 0 Å². The molecule has 1 aliphatic rings. The molecule has 17 heteroatoms. The quantitative estimate of drug-likeness (QED) is 0.220. The van der Waals surface area contributed by atoms with Crippen molar-refractivity contribution in [1.29, 1.82) is 0 Å². The van der Waals surface area contributed by atoms with Crippen LogP contribution in [0.2, 0.25) is 0 Å². The fraction of sp³-hybridized carbons (Fsp3) is 0.286. The number of amides is 4. The van der Waals surface area contributed by atoms with E-state index in [2.05, 4.69) is 29.4 Å². The summed E-state index contributed by atoms with van der Waals surface area (Å²) in [6, 6.07) is -0.748. The van der Waals surface area contributed by atoms with E-state index in [1.165, 1.54) is 18.6 Å². The summed E-state index contributed by atoms with van der Waals surface area (Å²) >= 11 is 1.98. The van der Waals surface area contributed by atoms with E-state index in [4.69, 9.17) is 5.73 Å². The van der Waals surface area contributed by atoms with Gasteiger partial charge in [0.25, 0.3) is 11.8 Å². The highest BCUT2D eigenvalue weighted by atomic mass is 32.2. The van der Waals surface area contributed by atoms with Gasteiger partial charge in [0.2, 0.25) is 0 Å². The molecule has 0 spiro atoms. The summed E-state index contributed by atoms with van der Waals surface area (Å²) in [5.74, 6) is -1.58. The van der Waals surface area contributed by atoms with Crippen molar-refractivity contribution in [3.05, 3.63) is 22.8 Å². The second kappa shape index (κ2) is 8.82. The van der Waals surface area contributed by atoms with Gasteiger partial charge in [-0.15, -0.1) is 11.3 Å². The van der Waals surface area contributed by atoms with Crippen molar-refractivity contribution in [2.24, 2.45) is 5.16 Å². The van der Waals surface area contributed by atoms with Gasteiger partial charge in [-0.1, -0.05) is 5.16 Å². The molecule has 2 aromatic heterocycles. The average molecular weight is 489 g/mol. The van der Waals surface area contributed by atoms with Crippen LogP contribution >= 0.6 is 22.9 Å². The van der Waals surface area contributed by atoms with E-state index in [0.717, 1.165) is 22.9 Å². The number of hydrogen-bond acceptors (Lipinski definition) is 12. The van der Waals surface area contributed by atoms with Crippen molar-refractivity contribution in [3.63, 3.8) is 0 Å². The molecule has 1 saturated heterocycles. The Hall–Kier alpha value is -3.31. The van der Waals surface area contributed by atoms with Gasteiger partial charge in [-0.05, 0) is 24.5 Å². The molecule has 0 unspecified atom stereocenters. The lowest BCUT2D eigenvalue weighted by Gasteiger charge is -2.36. The van der Waals surface area contributed by atoms with E-state index in [0.29, 0.717) is 10.6 Å². The second-order valence-corrected chi connectivity index (χ2v) is 9.12. The van der Waals surface area contributed by atoms with E-state index in [1.54, 1.807) is 11.6 Å². The molecule has 0 aromatic carbocycles. The molecule has 2 aromatic rings. The number of thiazole rings is 1. The Morgan fingerprint density at radius 2 is 2.16 bits per heavy atom. The van der Waals surface area contributed by atoms with Crippen LogP contribution in [-0.4, -0.2) is 65.9 Å². The van der Waals surface area contributed by atoms with Gasteiger partial charge in [0.05, 0.1) is 12.2 Å². The van der Waals surface area contributed by atoms with Crippen LogP contribution < -0.4 is 20.5 Å². The maximum atomic E-state index is 12.4. The number of imide groups is 1. The van der Waals surface area contributed by atoms with Gasteiger partial charge in [-0.25, -0.2) is 14.5 Å². The number of nitrogens with two attached hydrogens (primary N) is 1. The monoisotopic (exact) mass is 488 g/mol. The molecule has 5 N–H and O–H groups in total. The van der Waals surface area contributed by atoms with Crippen LogP contribution in [0.15, 0.2) is 16.6 Å². The zero-order valence-electron chi connectivity index (χ0n) is 16.0. The van der Waals surface area contributed by atoms with Gasteiger partial charge in [0.15, 0.2) is 10.8 Å². The number of anilines is 2. The predicted molar refractivity (Wildman–Crippen MR) is 112 cm³/mol. The molecule has 1 fully saturated rings. The van der Waals surface area contributed by atoms with Gasteiger partial charge < -0.3 is 15.9 Å². The van der Waals surface area contributed by atoms with Crippen molar-refractivity contribution < 1.29 is 27.6 Å². The number of hydrogen-bond donors (Lipinski definition) is 4. The first-order chi connectivity index (χ1) is 14.6. The Morgan fingerprint density at radius 1 is 1.42 bits per heavy atom. The number of carbonyl (C=O) groups is 3. The molecule has 0 bridgehead atoms. The Labute approximate surface area is 183 Å². The number of carbonyl (C=O) groups excluding carboxylic acids is 3. The van der Waals surface area contributed by atoms with Crippen molar-refractivity contribution in [1.82, 2.24) is 24.3 Å². The highest BCUT2D eigenvalue weighted by Gasteiger charge is 2.43. The molecule has 4 amide bonds. The molecule has 31 heavy (non-hydrogen) atoms. The zero-order chi connectivity index (χ0) is 22.8. The standard InChI is InChI=1S/C14H16N8O6S3/c1-6-3-9(30-19-6)20-31(26,27)21-14(25)22-4-7(12(22)24)16-11(23)10(18-28-2)8-5-29-13(15)17-8/h3,5,7,20H,4H2,1-2H3,(H2,15,17)(H,16,23)(H,21,25)/t7-/m0/s1. The number of aromatic nitrogens is 2. The number of urea groups is 1. The largest absolute Gasteiger partial charge is 0.398 e. The summed E-state index contributed by atoms with van der Waals surface area (Å²) < 4.78 is 31.8. The van der Waals surface area contributed by atoms with Gasteiger partial charge in [-0.3, -0.25) is 19.2 Å². The third-order valence-electron chi connectivity index (χ3n) is 3.73. The number of likely N-dealkylation sites (tertiary alicyclic amines) is 1. The average Bonchev–Trinajstić information content (AvgIpc) is 3.29. The topological polar surface area (TPSA) is 198 Å². The number of rotatable bonds is 7. The zero-order valence-corrected chi connectivity index (χ0v) is 18.4. The Bertz CT molecular complexity index is 1160.